The first kappa shape index (κ1) is 14.4. The number of amides is 1. The van der Waals surface area contributed by atoms with Crippen molar-refractivity contribution >= 4 is 21.8 Å². The molecule has 1 aromatic rings. The maximum atomic E-state index is 12.1. The molecule has 0 saturated heterocycles. The van der Waals surface area contributed by atoms with E-state index >= 15 is 0 Å². The topological polar surface area (TPSA) is 38.3 Å². The van der Waals surface area contributed by atoms with Crippen molar-refractivity contribution in [2.45, 2.75) is 25.7 Å². The van der Waals surface area contributed by atoms with Crippen LogP contribution in [0, 0.1) is 5.41 Å². The Morgan fingerprint density at radius 3 is 2.47 bits per heavy atom. The molecule has 0 heterocycles. The third-order valence-electron chi connectivity index (χ3n) is 3.92. The van der Waals surface area contributed by atoms with E-state index in [1.165, 1.54) is 25.7 Å². The summed E-state index contributed by atoms with van der Waals surface area (Å²) in [5.41, 5.74) is 0.936. The van der Waals surface area contributed by atoms with Crippen LogP contribution in [-0.2, 0) is 0 Å². The van der Waals surface area contributed by atoms with Crippen LogP contribution in [0.3, 0.4) is 0 Å². The van der Waals surface area contributed by atoms with Crippen LogP contribution in [0.2, 0.25) is 0 Å². The predicted octanol–water partition coefficient (Wildman–Crippen LogP) is 3.38. The fourth-order valence-corrected chi connectivity index (χ4v) is 3.35. The van der Waals surface area contributed by atoms with E-state index in [1.54, 1.807) is 19.2 Å². The summed E-state index contributed by atoms with van der Waals surface area (Å²) in [7, 11) is 1.62. The number of halogens is 1. The lowest BCUT2D eigenvalue weighted by molar-refractivity contribution is 0.0935. The molecule has 3 nitrogen and oxygen atoms in total. The minimum atomic E-state index is -0.00474. The summed E-state index contributed by atoms with van der Waals surface area (Å²) in [6.45, 7) is 0.753. The molecule has 1 fully saturated rings. The zero-order chi connectivity index (χ0) is 13.7. The van der Waals surface area contributed by atoms with Crippen molar-refractivity contribution in [1.82, 2.24) is 5.32 Å². The Balaban J connectivity index is 1.93. The standard InChI is InChI=1S/C15H20BrNO2/c1-19-13-6-4-12(5-7-13)14(18)17-11-15(10-16)8-2-3-9-15/h4-7H,2-3,8-11H2,1H3,(H,17,18). The third-order valence-corrected chi connectivity index (χ3v) is 5.11. The maximum Gasteiger partial charge on any atom is 0.251 e. The monoisotopic (exact) mass is 325 g/mol. The molecule has 0 bridgehead atoms. The van der Waals surface area contributed by atoms with E-state index in [2.05, 4.69) is 21.2 Å². The normalized spacial score (nSPS) is 17.2. The lowest BCUT2D eigenvalue weighted by atomic mass is 9.89. The van der Waals surface area contributed by atoms with Gasteiger partial charge < -0.3 is 10.1 Å². The summed E-state index contributed by atoms with van der Waals surface area (Å²) in [6.07, 6.45) is 4.93. The van der Waals surface area contributed by atoms with E-state index in [1.807, 2.05) is 12.1 Å². The molecule has 1 aliphatic carbocycles. The second-order valence-electron chi connectivity index (χ2n) is 5.25. The Morgan fingerprint density at radius 2 is 1.95 bits per heavy atom. The van der Waals surface area contributed by atoms with Crippen molar-refractivity contribution < 1.29 is 9.53 Å². The first-order valence-electron chi connectivity index (χ1n) is 6.67. The molecule has 1 saturated carbocycles. The predicted molar refractivity (Wildman–Crippen MR) is 80.0 cm³/mol. The van der Waals surface area contributed by atoms with E-state index in [9.17, 15) is 4.79 Å². The van der Waals surface area contributed by atoms with Crippen molar-refractivity contribution in [3.05, 3.63) is 29.8 Å². The molecule has 0 atom stereocenters. The van der Waals surface area contributed by atoms with Gasteiger partial charge >= 0.3 is 0 Å². The number of hydrogen-bond donors (Lipinski definition) is 1. The van der Waals surface area contributed by atoms with Gasteiger partial charge in [-0.1, -0.05) is 28.8 Å². The third kappa shape index (κ3) is 3.50. The number of rotatable bonds is 5. The van der Waals surface area contributed by atoms with Gasteiger partial charge in [-0.3, -0.25) is 4.79 Å². The zero-order valence-corrected chi connectivity index (χ0v) is 12.8. The molecular formula is C15H20BrNO2. The quantitative estimate of drug-likeness (QED) is 0.843. The van der Waals surface area contributed by atoms with Crippen molar-refractivity contribution in [1.29, 1.82) is 0 Å². The first-order valence-corrected chi connectivity index (χ1v) is 7.79. The van der Waals surface area contributed by atoms with Crippen LogP contribution in [0.1, 0.15) is 36.0 Å². The van der Waals surface area contributed by atoms with Gasteiger partial charge in [0, 0.05) is 17.4 Å². The van der Waals surface area contributed by atoms with Crippen molar-refractivity contribution in [3.8, 4) is 5.75 Å². The van der Waals surface area contributed by atoms with E-state index < -0.39 is 0 Å². The summed E-state index contributed by atoms with van der Waals surface area (Å²) in [5.74, 6) is 0.763. The Labute approximate surface area is 122 Å². The van der Waals surface area contributed by atoms with Gasteiger partial charge in [0.2, 0.25) is 0 Å². The van der Waals surface area contributed by atoms with E-state index in [0.717, 1.165) is 17.6 Å². The van der Waals surface area contributed by atoms with Gasteiger partial charge in [-0.2, -0.15) is 0 Å². The molecule has 2 rings (SSSR count). The van der Waals surface area contributed by atoms with E-state index in [0.29, 0.717) is 5.56 Å². The number of hydrogen-bond acceptors (Lipinski definition) is 2. The van der Waals surface area contributed by atoms with Crippen molar-refractivity contribution in [2.75, 3.05) is 19.0 Å². The number of carbonyl (C=O) groups excluding carboxylic acids is 1. The summed E-state index contributed by atoms with van der Waals surface area (Å²) in [5, 5.41) is 4.02. The average Bonchev–Trinajstić information content (AvgIpc) is 2.94. The lowest BCUT2D eigenvalue weighted by Crippen LogP contribution is -2.37. The first-order chi connectivity index (χ1) is 9.19. The molecule has 4 heteroatoms. The van der Waals surface area contributed by atoms with E-state index in [4.69, 9.17) is 4.74 Å². The summed E-state index contributed by atoms with van der Waals surface area (Å²) < 4.78 is 5.09. The minimum Gasteiger partial charge on any atom is -0.497 e. The highest BCUT2D eigenvalue weighted by Crippen LogP contribution is 2.38. The highest BCUT2D eigenvalue weighted by Gasteiger charge is 2.33. The van der Waals surface area contributed by atoms with Crippen LogP contribution in [0.25, 0.3) is 0 Å². The smallest absolute Gasteiger partial charge is 0.251 e. The van der Waals surface area contributed by atoms with Gasteiger partial charge in [-0.05, 0) is 42.5 Å². The summed E-state index contributed by atoms with van der Waals surface area (Å²) in [4.78, 5) is 12.1. The number of carbonyl (C=O) groups is 1. The largest absolute Gasteiger partial charge is 0.497 e. The molecule has 104 valence electrons. The van der Waals surface area contributed by atoms with E-state index in [-0.39, 0.29) is 11.3 Å². The van der Waals surface area contributed by atoms with Gasteiger partial charge in [-0.15, -0.1) is 0 Å². The molecule has 1 amide bonds. The number of nitrogens with one attached hydrogen (secondary N) is 1. The van der Waals surface area contributed by atoms with Crippen molar-refractivity contribution in [3.63, 3.8) is 0 Å². The molecule has 1 aromatic carbocycles. The molecule has 0 aliphatic heterocycles. The fraction of sp³-hybridized carbons (Fsp3) is 0.533. The SMILES string of the molecule is COc1ccc(C(=O)NCC2(CBr)CCCC2)cc1. The fourth-order valence-electron chi connectivity index (χ4n) is 2.59. The Bertz CT molecular complexity index is 424. The number of ether oxygens (including phenoxy) is 1. The summed E-state index contributed by atoms with van der Waals surface area (Å²) in [6, 6.07) is 7.21. The molecule has 19 heavy (non-hydrogen) atoms. The zero-order valence-electron chi connectivity index (χ0n) is 11.2. The number of benzene rings is 1. The van der Waals surface area contributed by atoms with Crippen LogP contribution in [-0.4, -0.2) is 24.9 Å². The molecule has 0 radical (unpaired) electrons. The molecule has 0 aromatic heterocycles. The molecule has 0 unspecified atom stereocenters. The highest BCUT2D eigenvalue weighted by atomic mass is 79.9. The Kier molecular flexibility index (Phi) is 4.86. The van der Waals surface area contributed by atoms with Gasteiger partial charge in [0.05, 0.1) is 7.11 Å². The van der Waals surface area contributed by atoms with Crippen LogP contribution in [0.5, 0.6) is 5.75 Å². The van der Waals surface area contributed by atoms with Crippen LogP contribution in [0.15, 0.2) is 24.3 Å². The van der Waals surface area contributed by atoms with Crippen LogP contribution < -0.4 is 10.1 Å². The minimum absolute atomic E-state index is 0.00474. The van der Waals surface area contributed by atoms with Crippen molar-refractivity contribution in [2.24, 2.45) is 5.41 Å². The van der Waals surface area contributed by atoms with Crippen LogP contribution >= 0.6 is 15.9 Å². The number of alkyl halides is 1. The summed E-state index contributed by atoms with van der Waals surface area (Å²) >= 11 is 3.59. The highest BCUT2D eigenvalue weighted by molar-refractivity contribution is 9.09. The Morgan fingerprint density at radius 1 is 1.32 bits per heavy atom. The molecule has 0 spiro atoms. The number of methoxy groups -OCH3 is 1. The van der Waals surface area contributed by atoms with Gasteiger partial charge in [0.1, 0.15) is 5.75 Å². The van der Waals surface area contributed by atoms with Gasteiger partial charge in [0.15, 0.2) is 0 Å². The molecule has 1 aliphatic rings. The maximum absolute atomic E-state index is 12.1. The Hall–Kier alpha value is -1.03. The molecular weight excluding hydrogens is 306 g/mol. The average molecular weight is 326 g/mol. The lowest BCUT2D eigenvalue weighted by Gasteiger charge is -2.26. The second-order valence-corrected chi connectivity index (χ2v) is 5.81. The van der Waals surface area contributed by atoms with Crippen LogP contribution in [0.4, 0.5) is 0 Å². The second kappa shape index (κ2) is 6.42. The van der Waals surface area contributed by atoms with Gasteiger partial charge in [0.25, 0.3) is 5.91 Å². The van der Waals surface area contributed by atoms with Gasteiger partial charge in [-0.25, -0.2) is 0 Å². The molecule has 1 N–H and O–H groups in total.